The van der Waals surface area contributed by atoms with Gasteiger partial charge >= 0.3 is 0 Å². The monoisotopic (exact) mass is 355 g/mol. The van der Waals surface area contributed by atoms with Crippen LogP contribution in [0.3, 0.4) is 0 Å². The molecular formula is C17H17ClO6. The van der Waals surface area contributed by atoms with Gasteiger partial charge < -0.3 is 18.9 Å². The van der Waals surface area contributed by atoms with Crippen LogP contribution in [0.5, 0.6) is 17.2 Å². The molecule has 0 N–H and O–H groups in total. The standard InChI is InChI=1S/C17H17ClO6/c1-8-5-9(19)6-12(23-4)17(8)16(20)13-10(21-2)7-11(22-3)14(18)15(13)24-17/h6-8H,5H2,1-4H3/t8-,17-/m1/s1/i4D3. The quantitative estimate of drug-likeness (QED) is 0.830. The molecule has 0 unspecified atom stereocenters. The third-order valence-electron chi connectivity index (χ3n) is 4.39. The molecule has 1 aromatic carbocycles. The summed E-state index contributed by atoms with van der Waals surface area (Å²) in [6.45, 7) is 1.61. The molecule has 0 saturated carbocycles. The predicted molar refractivity (Wildman–Crippen MR) is 86.1 cm³/mol. The number of allylic oxidation sites excluding steroid dienone is 1. The van der Waals surface area contributed by atoms with E-state index in [2.05, 4.69) is 0 Å². The van der Waals surface area contributed by atoms with Gasteiger partial charge in [-0.05, 0) is 0 Å². The van der Waals surface area contributed by atoms with Gasteiger partial charge in [0.1, 0.15) is 22.1 Å². The lowest BCUT2D eigenvalue weighted by atomic mass is 9.75. The maximum atomic E-state index is 13.4. The zero-order valence-electron chi connectivity index (χ0n) is 16.3. The predicted octanol–water partition coefficient (Wildman–Crippen LogP) is 2.81. The van der Waals surface area contributed by atoms with Gasteiger partial charge in [0.2, 0.25) is 11.4 Å². The van der Waals surface area contributed by atoms with Gasteiger partial charge in [-0.1, -0.05) is 18.5 Å². The van der Waals surface area contributed by atoms with E-state index in [-0.39, 0.29) is 45.8 Å². The molecule has 0 bridgehead atoms. The number of hydrogen-bond donors (Lipinski definition) is 0. The van der Waals surface area contributed by atoms with E-state index in [0.29, 0.717) is 0 Å². The van der Waals surface area contributed by atoms with Crippen LogP contribution in [0.25, 0.3) is 0 Å². The smallest absolute Gasteiger partial charge is 0.231 e. The van der Waals surface area contributed by atoms with Gasteiger partial charge in [0.15, 0.2) is 17.3 Å². The second kappa shape index (κ2) is 5.70. The number of carbonyl (C=O) groups is 2. The Morgan fingerprint density at radius 1 is 1.29 bits per heavy atom. The molecule has 1 spiro atoms. The number of methoxy groups -OCH3 is 3. The van der Waals surface area contributed by atoms with Crippen LogP contribution in [-0.2, 0) is 9.53 Å². The zero-order chi connectivity index (χ0) is 20.1. The van der Waals surface area contributed by atoms with E-state index >= 15 is 0 Å². The molecule has 24 heavy (non-hydrogen) atoms. The highest BCUT2D eigenvalue weighted by Gasteiger charge is 2.59. The Labute approximate surface area is 148 Å². The van der Waals surface area contributed by atoms with Gasteiger partial charge in [0, 0.05) is 24.5 Å². The molecule has 1 aromatic rings. The maximum Gasteiger partial charge on any atom is 0.231 e. The zero-order valence-corrected chi connectivity index (χ0v) is 14.0. The molecular weight excluding hydrogens is 336 g/mol. The van der Waals surface area contributed by atoms with E-state index in [1.165, 1.54) is 20.3 Å². The molecule has 0 radical (unpaired) electrons. The lowest BCUT2D eigenvalue weighted by Crippen LogP contribution is -2.51. The molecule has 0 saturated heterocycles. The topological polar surface area (TPSA) is 71.1 Å². The van der Waals surface area contributed by atoms with Crippen molar-refractivity contribution in [1.82, 2.24) is 0 Å². The second-order valence-corrected chi connectivity index (χ2v) is 6.03. The fraction of sp³-hybridized carbons (Fsp3) is 0.412. The fourth-order valence-corrected chi connectivity index (χ4v) is 3.46. The first-order chi connectivity index (χ1) is 12.5. The summed E-state index contributed by atoms with van der Waals surface area (Å²) in [5.74, 6) is -1.64. The van der Waals surface area contributed by atoms with Crippen molar-refractivity contribution in [3.05, 3.63) is 28.5 Å². The molecule has 6 nitrogen and oxygen atoms in total. The summed E-state index contributed by atoms with van der Waals surface area (Å²) in [4.78, 5) is 25.4. The van der Waals surface area contributed by atoms with Crippen LogP contribution in [0.1, 0.15) is 27.8 Å². The van der Waals surface area contributed by atoms with Crippen molar-refractivity contribution in [2.45, 2.75) is 18.9 Å². The Morgan fingerprint density at radius 2 is 2.00 bits per heavy atom. The minimum absolute atomic E-state index is 0.000826. The summed E-state index contributed by atoms with van der Waals surface area (Å²) in [6.07, 6.45) is 0.971. The molecule has 0 amide bonds. The average Bonchev–Trinajstić information content (AvgIpc) is 2.87. The van der Waals surface area contributed by atoms with Gasteiger partial charge in [-0.3, -0.25) is 9.59 Å². The number of rotatable bonds is 3. The Kier molecular flexibility index (Phi) is 3.12. The highest BCUT2D eigenvalue weighted by molar-refractivity contribution is 6.35. The van der Waals surface area contributed by atoms with Crippen LogP contribution in [0, 0.1) is 5.92 Å². The molecule has 2 atom stereocenters. The molecule has 1 aliphatic carbocycles. The van der Waals surface area contributed by atoms with Crippen molar-refractivity contribution in [2.24, 2.45) is 5.92 Å². The molecule has 0 fully saturated rings. The number of hydrogen-bond acceptors (Lipinski definition) is 6. The van der Waals surface area contributed by atoms with E-state index in [1.807, 2.05) is 0 Å². The van der Waals surface area contributed by atoms with Gasteiger partial charge in [-0.2, -0.15) is 0 Å². The van der Waals surface area contributed by atoms with E-state index < -0.39 is 24.3 Å². The summed E-state index contributed by atoms with van der Waals surface area (Å²) in [5, 5.41) is 0.0378. The Hall–Kier alpha value is -2.21. The van der Waals surface area contributed by atoms with E-state index in [4.69, 9.17) is 34.7 Å². The number of Topliss-reactive ketones (excluding diaryl/α,β-unsaturated/α-hetero) is 1. The highest BCUT2D eigenvalue weighted by Crippen LogP contribution is 2.54. The van der Waals surface area contributed by atoms with Crippen LogP contribution in [0.2, 0.25) is 5.02 Å². The summed E-state index contributed by atoms with van der Waals surface area (Å²) < 4.78 is 43.5. The molecule has 1 heterocycles. The highest BCUT2D eigenvalue weighted by atomic mass is 35.5. The van der Waals surface area contributed by atoms with Crippen LogP contribution < -0.4 is 14.2 Å². The van der Waals surface area contributed by atoms with E-state index in [9.17, 15) is 9.59 Å². The summed E-state index contributed by atoms with van der Waals surface area (Å²) in [5.41, 5.74) is -1.78. The molecule has 2 aliphatic rings. The lowest BCUT2D eigenvalue weighted by molar-refractivity contribution is -0.118. The van der Waals surface area contributed by atoms with Gasteiger partial charge in [-0.25, -0.2) is 0 Å². The number of ether oxygens (including phenoxy) is 4. The fourth-order valence-electron chi connectivity index (χ4n) is 3.19. The number of halogens is 1. The van der Waals surface area contributed by atoms with Crippen molar-refractivity contribution in [3.63, 3.8) is 0 Å². The molecule has 128 valence electrons. The second-order valence-electron chi connectivity index (χ2n) is 5.65. The molecule has 1 aliphatic heterocycles. The lowest BCUT2D eigenvalue weighted by Gasteiger charge is -2.36. The van der Waals surface area contributed by atoms with E-state index in [0.717, 1.165) is 6.08 Å². The largest absolute Gasteiger partial charge is 0.496 e. The Balaban J connectivity index is 2.23. The van der Waals surface area contributed by atoms with Crippen LogP contribution in [0.4, 0.5) is 0 Å². The summed E-state index contributed by atoms with van der Waals surface area (Å²) in [6, 6.07) is 1.44. The molecule has 7 heteroatoms. The number of benzene rings is 1. The number of carbonyl (C=O) groups excluding carboxylic acids is 2. The molecule has 3 rings (SSSR count). The normalized spacial score (nSPS) is 27.6. The first-order valence-electron chi connectivity index (χ1n) is 8.67. The van der Waals surface area contributed by atoms with E-state index in [1.54, 1.807) is 6.92 Å². The van der Waals surface area contributed by atoms with Crippen molar-refractivity contribution < 1.29 is 32.6 Å². The summed E-state index contributed by atoms with van der Waals surface area (Å²) in [7, 11) is -0.116. The van der Waals surface area contributed by atoms with Crippen LogP contribution in [-0.4, -0.2) is 38.4 Å². The van der Waals surface area contributed by atoms with Crippen molar-refractivity contribution in [1.29, 1.82) is 0 Å². The number of fused-ring (bicyclic) bond motifs is 1. The van der Waals surface area contributed by atoms with Crippen molar-refractivity contribution >= 4 is 23.2 Å². The minimum Gasteiger partial charge on any atom is -0.496 e. The van der Waals surface area contributed by atoms with Crippen molar-refractivity contribution in [2.75, 3.05) is 21.3 Å². The number of ketones is 2. The van der Waals surface area contributed by atoms with Gasteiger partial charge in [0.25, 0.3) is 0 Å². The van der Waals surface area contributed by atoms with Gasteiger partial charge in [0.05, 0.1) is 25.4 Å². The minimum atomic E-state index is -2.87. The van der Waals surface area contributed by atoms with Crippen LogP contribution in [0.15, 0.2) is 17.9 Å². The first-order valence-corrected chi connectivity index (χ1v) is 7.55. The summed E-state index contributed by atoms with van der Waals surface area (Å²) >= 11 is 6.31. The van der Waals surface area contributed by atoms with Crippen LogP contribution >= 0.6 is 11.6 Å². The third kappa shape index (κ3) is 2.02. The Bertz CT molecular complexity index is 863. The Morgan fingerprint density at radius 3 is 2.62 bits per heavy atom. The maximum absolute atomic E-state index is 13.4. The third-order valence-corrected chi connectivity index (χ3v) is 4.75. The first kappa shape index (κ1) is 13.1. The van der Waals surface area contributed by atoms with Crippen molar-refractivity contribution in [3.8, 4) is 17.2 Å². The van der Waals surface area contributed by atoms with Gasteiger partial charge in [-0.15, -0.1) is 0 Å². The SMILES string of the molecule is [2H]C([2H])([2H])OC1=CC(=O)C[C@@H](C)[C@@]12Oc1c(Cl)c(OC)cc(OC)c1C2=O. The average molecular weight is 356 g/mol. The molecule has 0 aromatic heterocycles.